The number of rotatable bonds is 21. The highest BCUT2D eigenvalue weighted by molar-refractivity contribution is 5.73. The fraction of sp³-hybridized carbons (Fsp3) is 0.778. The van der Waals surface area contributed by atoms with Gasteiger partial charge >= 0.3 is 23.9 Å². The Balaban J connectivity index is 6.60. The second kappa shape index (κ2) is 16.2. The van der Waals surface area contributed by atoms with Crippen molar-refractivity contribution >= 4 is 23.9 Å². The minimum Gasteiger partial charge on any atom is -0.480 e. The molecule has 0 aromatic rings. The maximum atomic E-state index is 11.6. The Morgan fingerprint density at radius 2 is 1.00 bits per heavy atom. The van der Waals surface area contributed by atoms with Gasteiger partial charge in [0.2, 0.25) is 0 Å². The third-order valence-corrected chi connectivity index (χ3v) is 4.72. The van der Waals surface area contributed by atoms with E-state index >= 15 is 0 Å². The standard InChI is InChI=1S/C18H34N4O12/c19-1-3-33-9-12(21(5-14(24)25)6-15(26)27)18(32,11-23)13(10-34-4-2-20)22(7-16(28)29)8-17(30)31/h12-13,23,32H,1-11,19-20H2,(H,24,25)(H,26,27)(H,28,29)(H,30,31)/t12-,13-/m1/s1. The predicted octanol–water partition coefficient (Wildman–Crippen LogP) is -4.66. The molecule has 0 aromatic carbocycles. The number of aliphatic hydroxyl groups excluding tert-OH is 1. The topological polar surface area (TPSA) is 267 Å². The van der Waals surface area contributed by atoms with Gasteiger partial charge in [-0.3, -0.25) is 29.0 Å². The normalized spacial score (nSPS) is 13.7. The van der Waals surface area contributed by atoms with Crippen molar-refractivity contribution in [2.45, 2.75) is 17.7 Å². The average molecular weight is 498 g/mol. The fourth-order valence-corrected chi connectivity index (χ4v) is 3.37. The molecule has 0 saturated carbocycles. The van der Waals surface area contributed by atoms with E-state index in [1.807, 2.05) is 0 Å². The molecule has 0 amide bonds. The summed E-state index contributed by atoms with van der Waals surface area (Å²) in [5.41, 5.74) is 8.25. The molecule has 0 rings (SSSR count). The summed E-state index contributed by atoms with van der Waals surface area (Å²) in [6.07, 6.45) is 0. The number of nitrogens with two attached hydrogens (primary N) is 2. The first-order valence-electron chi connectivity index (χ1n) is 10.2. The Hall–Kier alpha value is -2.44. The molecular formula is C18H34N4O12. The maximum Gasteiger partial charge on any atom is 0.317 e. The minimum absolute atomic E-state index is 0.0231. The number of aliphatic carboxylic acids is 4. The van der Waals surface area contributed by atoms with Gasteiger partial charge in [0.05, 0.1) is 71.3 Å². The number of ether oxygens (including phenoxy) is 2. The lowest BCUT2D eigenvalue weighted by molar-refractivity contribution is -0.174. The lowest BCUT2D eigenvalue weighted by Crippen LogP contribution is -2.70. The van der Waals surface area contributed by atoms with Gasteiger partial charge in [0, 0.05) is 13.1 Å². The molecule has 0 aromatic heterocycles. The van der Waals surface area contributed by atoms with Crippen molar-refractivity contribution in [3.05, 3.63) is 0 Å². The van der Waals surface area contributed by atoms with Crippen LogP contribution in [0.1, 0.15) is 0 Å². The Kier molecular flexibility index (Phi) is 15.1. The highest BCUT2D eigenvalue weighted by atomic mass is 16.5. The molecule has 2 atom stereocenters. The van der Waals surface area contributed by atoms with Crippen LogP contribution < -0.4 is 11.5 Å². The second-order valence-corrected chi connectivity index (χ2v) is 7.29. The molecule has 34 heavy (non-hydrogen) atoms. The van der Waals surface area contributed by atoms with Crippen LogP contribution in [0.3, 0.4) is 0 Å². The Morgan fingerprint density at radius 3 is 1.21 bits per heavy atom. The van der Waals surface area contributed by atoms with Gasteiger partial charge in [-0.1, -0.05) is 0 Å². The van der Waals surface area contributed by atoms with Gasteiger partial charge in [-0.05, 0) is 0 Å². The van der Waals surface area contributed by atoms with Crippen LogP contribution in [0.25, 0.3) is 0 Å². The highest BCUT2D eigenvalue weighted by Crippen LogP contribution is 2.26. The van der Waals surface area contributed by atoms with Crippen LogP contribution in [-0.2, 0) is 28.7 Å². The third kappa shape index (κ3) is 11.1. The van der Waals surface area contributed by atoms with Crippen molar-refractivity contribution in [3.63, 3.8) is 0 Å². The Labute approximate surface area is 195 Å². The molecule has 16 heteroatoms. The van der Waals surface area contributed by atoms with Crippen LogP contribution in [-0.4, -0.2) is 154 Å². The summed E-state index contributed by atoms with van der Waals surface area (Å²) in [7, 11) is 0. The van der Waals surface area contributed by atoms with Crippen LogP contribution in [0.5, 0.6) is 0 Å². The summed E-state index contributed by atoms with van der Waals surface area (Å²) in [4.78, 5) is 47.2. The predicted molar refractivity (Wildman–Crippen MR) is 113 cm³/mol. The fourth-order valence-electron chi connectivity index (χ4n) is 3.37. The second-order valence-electron chi connectivity index (χ2n) is 7.29. The van der Waals surface area contributed by atoms with E-state index in [0.29, 0.717) is 0 Å². The molecule has 0 saturated heterocycles. The van der Waals surface area contributed by atoms with E-state index in [0.717, 1.165) is 9.80 Å². The van der Waals surface area contributed by atoms with Crippen molar-refractivity contribution < 1.29 is 59.3 Å². The molecule has 0 spiro atoms. The number of aliphatic hydroxyl groups is 2. The molecule has 16 nitrogen and oxygen atoms in total. The first kappa shape index (κ1) is 31.6. The van der Waals surface area contributed by atoms with Crippen LogP contribution >= 0.6 is 0 Å². The van der Waals surface area contributed by atoms with Crippen molar-refractivity contribution in [2.75, 3.05) is 72.3 Å². The molecular weight excluding hydrogens is 464 g/mol. The van der Waals surface area contributed by atoms with Gasteiger partial charge in [0.1, 0.15) is 5.60 Å². The van der Waals surface area contributed by atoms with E-state index < -0.39 is 87.6 Å². The zero-order valence-corrected chi connectivity index (χ0v) is 18.6. The molecule has 198 valence electrons. The SMILES string of the molecule is NCCOC[C@@H](N(CC(=O)O)CC(=O)O)C(O)(CO)[C@@H](COCCN)N(CC(=O)O)CC(=O)O. The van der Waals surface area contributed by atoms with Crippen molar-refractivity contribution in [1.29, 1.82) is 0 Å². The number of hydrogen-bond acceptors (Lipinski definition) is 12. The molecule has 0 radical (unpaired) electrons. The van der Waals surface area contributed by atoms with Crippen LogP contribution in [0.15, 0.2) is 0 Å². The summed E-state index contributed by atoms with van der Waals surface area (Å²) < 4.78 is 10.6. The number of hydrogen-bond donors (Lipinski definition) is 8. The summed E-state index contributed by atoms with van der Waals surface area (Å²) in [5.74, 6) is -5.85. The van der Waals surface area contributed by atoms with Gasteiger partial charge in [0.25, 0.3) is 0 Å². The first-order valence-corrected chi connectivity index (χ1v) is 10.2. The summed E-state index contributed by atoms with van der Waals surface area (Å²) in [6, 6.07) is -3.12. The first-order chi connectivity index (χ1) is 15.9. The van der Waals surface area contributed by atoms with E-state index in [2.05, 4.69) is 0 Å². The molecule has 0 unspecified atom stereocenters. The minimum atomic E-state index is -2.51. The summed E-state index contributed by atoms with van der Waals surface area (Å²) in [5, 5.41) is 58.9. The molecule has 0 aliphatic rings. The molecule has 0 heterocycles. The van der Waals surface area contributed by atoms with Gasteiger partial charge in [0.15, 0.2) is 0 Å². The van der Waals surface area contributed by atoms with E-state index in [1.165, 1.54) is 0 Å². The van der Waals surface area contributed by atoms with E-state index in [1.54, 1.807) is 0 Å². The van der Waals surface area contributed by atoms with E-state index in [4.69, 9.17) is 20.9 Å². The van der Waals surface area contributed by atoms with Gasteiger partial charge in [-0.2, -0.15) is 0 Å². The smallest absolute Gasteiger partial charge is 0.317 e. The number of carboxylic acid groups (broad SMARTS) is 4. The zero-order chi connectivity index (χ0) is 26.3. The monoisotopic (exact) mass is 498 g/mol. The number of carbonyl (C=O) groups is 4. The Bertz CT molecular complexity index is 583. The average Bonchev–Trinajstić information content (AvgIpc) is 2.71. The lowest BCUT2D eigenvalue weighted by atomic mass is 9.84. The van der Waals surface area contributed by atoms with E-state index in [9.17, 15) is 49.8 Å². The van der Waals surface area contributed by atoms with Crippen LogP contribution in [0.4, 0.5) is 0 Å². The maximum absolute atomic E-state index is 11.6. The highest BCUT2D eigenvalue weighted by Gasteiger charge is 2.50. The molecule has 0 bridgehead atoms. The van der Waals surface area contributed by atoms with Gasteiger partial charge in [-0.25, -0.2) is 0 Å². The van der Waals surface area contributed by atoms with Crippen molar-refractivity contribution in [2.24, 2.45) is 11.5 Å². The number of carboxylic acids is 4. The lowest BCUT2D eigenvalue weighted by Gasteiger charge is -2.48. The van der Waals surface area contributed by atoms with Crippen molar-refractivity contribution in [3.8, 4) is 0 Å². The van der Waals surface area contributed by atoms with E-state index in [-0.39, 0.29) is 26.3 Å². The summed E-state index contributed by atoms with van der Waals surface area (Å²) in [6.45, 7) is -5.94. The van der Waals surface area contributed by atoms with Crippen molar-refractivity contribution in [1.82, 2.24) is 9.80 Å². The van der Waals surface area contributed by atoms with Crippen LogP contribution in [0, 0.1) is 0 Å². The molecule has 10 N–H and O–H groups in total. The Morgan fingerprint density at radius 1 is 0.706 bits per heavy atom. The zero-order valence-electron chi connectivity index (χ0n) is 18.6. The molecule has 0 aliphatic heterocycles. The largest absolute Gasteiger partial charge is 0.480 e. The van der Waals surface area contributed by atoms with Crippen LogP contribution in [0.2, 0.25) is 0 Å². The van der Waals surface area contributed by atoms with Gasteiger partial charge in [-0.15, -0.1) is 0 Å². The summed E-state index contributed by atoms with van der Waals surface area (Å²) >= 11 is 0. The molecule has 0 fully saturated rings. The quantitative estimate of drug-likeness (QED) is 0.0691. The number of nitrogens with zero attached hydrogens (tertiary/aromatic N) is 2. The van der Waals surface area contributed by atoms with Gasteiger partial charge < -0.3 is 51.6 Å². The molecule has 0 aliphatic carbocycles. The third-order valence-electron chi connectivity index (χ3n) is 4.72.